The Morgan fingerprint density at radius 3 is 2.74 bits per heavy atom. The fourth-order valence-electron chi connectivity index (χ4n) is 2.75. The normalized spacial score (nSPS) is 11.9. The van der Waals surface area contributed by atoms with Crippen LogP contribution in [0.4, 0.5) is 5.69 Å². The number of rotatable bonds is 6. The van der Waals surface area contributed by atoms with Crippen LogP contribution in [-0.2, 0) is 4.79 Å². The first-order valence-corrected chi connectivity index (χ1v) is 9.59. The average Bonchev–Trinajstić information content (AvgIpc) is 3.12. The van der Waals surface area contributed by atoms with E-state index in [1.165, 1.54) is 22.9 Å². The Kier molecular flexibility index (Phi) is 5.86. The quantitative estimate of drug-likeness (QED) is 0.633. The fraction of sp³-hybridized carbons (Fsp3) is 0.238. The molecule has 1 heterocycles. The van der Waals surface area contributed by atoms with Crippen LogP contribution in [-0.4, -0.2) is 27.8 Å². The number of carbonyl (C=O) groups excluding carboxylic acids is 1. The standard InChI is InChI=1S/C21H23N3O2S/c1-14-8-7-10-18(15(14)2)24-13-12-22-21(24)27-16(3)20(25)23-17-9-5-6-11-19(17)26-4/h5-13,16H,1-4H3,(H,23,25). The number of thioether (sulfide) groups is 1. The Labute approximate surface area is 163 Å². The van der Waals surface area contributed by atoms with Gasteiger partial charge in [-0.3, -0.25) is 9.36 Å². The summed E-state index contributed by atoms with van der Waals surface area (Å²) in [5.74, 6) is 0.542. The van der Waals surface area contributed by atoms with Gasteiger partial charge in [-0.15, -0.1) is 0 Å². The number of benzene rings is 2. The van der Waals surface area contributed by atoms with E-state index in [0.717, 1.165) is 10.8 Å². The topological polar surface area (TPSA) is 56.1 Å². The molecule has 0 aliphatic heterocycles. The Morgan fingerprint density at radius 2 is 1.96 bits per heavy atom. The van der Waals surface area contributed by atoms with Gasteiger partial charge in [-0.25, -0.2) is 4.98 Å². The summed E-state index contributed by atoms with van der Waals surface area (Å²) in [4.78, 5) is 17.1. The van der Waals surface area contributed by atoms with Crippen molar-refractivity contribution in [2.75, 3.05) is 12.4 Å². The van der Waals surface area contributed by atoms with Gasteiger partial charge in [0.05, 0.1) is 23.7 Å². The molecule has 0 aliphatic carbocycles. The van der Waals surface area contributed by atoms with Crippen LogP contribution in [0.15, 0.2) is 60.0 Å². The molecule has 0 fully saturated rings. The van der Waals surface area contributed by atoms with Gasteiger partial charge in [0, 0.05) is 12.4 Å². The molecule has 6 heteroatoms. The highest BCUT2D eigenvalue weighted by atomic mass is 32.2. The number of aromatic nitrogens is 2. The number of hydrogen-bond acceptors (Lipinski definition) is 4. The summed E-state index contributed by atoms with van der Waals surface area (Å²) in [7, 11) is 1.59. The number of hydrogen-bond donors (Lipinski definition) is 1. The lowest BCUT2D eigenvalue weighted by molar-refractivity contribution is -0.115. The number of imidazole rings is 1. The van der Waals surface area contributed by atoms with Crippen LogP contribution in [0.5, 0.6) is 5.75 Å². The molecule has 0 spiro atoms. The maximum absolute atomic E-state index is 12.7. The summed E-state index contributed by atoms with van der Waals surface area (Å²) in [6.45, 7) is 6.06. The number of nitrogens with one attached hydrogen (secondary N) is 1. The molecule has 140 valence electrons. The van der Waals surface area contributed by atoms with Crippen LogP contribution in [0.1, 0.15) is 18.1 Å². The number of methoxy groups -OCH3 is 1. The summed E-state index contributed by atoms with van der Waals surface area (Å²) < 4.78 is 7.32. The maximum Gasteiger partial charge on any atom is 0.237 e. The number of aryl methyl sites for hydroxylation is 1. The second kappa shape index (κ2) is 8.31. The van der Waals surface area contributed by atoms with Crippen LogP contribution >= 0.6 is 11.8 Å². The van der Waals surface area contributed by atoms with E-state index in [1.54, 1.807) is 13.3 Å². The number of amides is 1. The zero-order chi connectivity index (χ0) is 19.4. The first-order chi connectivity index (χ1) is 13.0. The number of para-hydroxylation sites is 2. The molecule has 0 bridgehead atoms. The average molecular weight is 382 g/mol. The summed E-state index contributed by atoms with van der Waals surface area (Å²) in [5, 5.41) is 3.40. The smallest absolute Gasteiger partial charge is 0.237 e. The zero-order valence-corrected chi connectivity index (χ0v) is 16.7. The lowest BCUT2D eigenvalue weighted by Crippen LogP contribution is -2.23. The SMILES string of the molecule is COc1ccccc1NC(=O)C(C)Sc1nccn1-c1cccc(C)c1C. The molecule has 1 amide bonds. The Balaban J connectivity index is 1.77. The van der Waals surface area contributed by atoms with Crippen molar-refractivity contribution in [2.24, 2.45) is 0 Å². The molecule has 0 saturated carbocycles. The minimum atomic E-state index is -0.318. The fourth-order valence-corrected chi connectivity index (χ4v) is 3.63. The van der Waals surface area contributed by atoms with E-state index < -0.39 is 0 Å². The minimum Gasteiger partial charge on any atom is -0.495 e. The molecule has 0 radical (unpaired) electrons. The highest BCUT2D eigenvalue weighted by Crippen LogP contribution is 2.29. The van der Waals surface area contributed by atoms with Crippen LogP contribution in [0, 0.1) is 13.8 Å². The largest absolute Gasteiger partial charge is 0.495 e. The van der Waals surface area contributed by atoms with Gasteiger partial charge < -0.3 is 10.1 Å². The van der Waals surface area contributed by atoms with E-state index in [4.69, 9.17) is 4.74 Å². The van der Waals surface area contributed by atoms with Crippen molar-refractivity contribution in [3.8, 4) is 11.4 Å². The summed E-state index contributed by atoms with van der Waals surface area (Å²) in [6, 6.07) is 13.6. The molecular weight excluding hydrogens is 358 g/mol. The van der Waals surface area contributed by atoms with Crippen LogP contribution in [0.25, 0.3) is 5.69 Å². The summed E-state index contributed by atoms with van der Waals surface area (Å²) in [6.07, 6.45) is 3.68. The van der Waals surface area contributed by atoms with E-state index in [2.05, 4.69) is 36.3 Å². The molecular formula is C21H23N3O2S. The molecule has 27 heavy (non-hydrogen) atoms. The van der Waals surface area contributed by atoms with Crippen molar-refractivity contribution in [3.05, 3.63) is 66.0 Å². The lowest BCUT2D eigenvalue weighted by Gasteiger charge is -2.16. The first kappa shape index (κ1) is 19.0. The second-order valence-electron chi connectivity index (χ2n) is 6.25. The number of carbonyl (C=O) groups is 1. The van der Waals surface area contributed by atoms with E-state index in [9.17, 15) is 4.79 Å². The zero-order valence-electron chi connectivity index (χ0n) is 15.9. The molecule has 1 N–H and O–H groups in total. The van der Waals surface area contributed by atoms with Gasteiger partial charge in [0.1, 0.15) is 5.75 Å². The molecule has 0 saturated heterocycles. The van der Waals surface area contributed by atoms with Crippen molar-refractivity contribution >= 4 is 23.4 Å². The molecule has 0 aliphatic rings. The van der Waals surface area contributed by atoms with Crippen molar-refractivity contribution in [1.82, 2.24) is 9.55 Å². The number of anilines is 1. The number of ether oxygens (including phenoxy) is 1. The summed E-state index contributed by atoms with van der Waals surface area (Å²) >= 11 is 1.43. The van der Waals surface area contributed by atoms with Crippen LogP contribution in [0.3, 0.4) is 0 Å². The number of nitrogens with zero attached hydrogens (tertiary/aromatic N) is 2. The molecule has 2 aromatic carbocycles. The van der Waals surface area contributed by atoms with Crippen molar-refractivity contribution in [3.63, 3.8) is 0 Å². The Morgan fingerprint density at radius 1 is 1.19 bits per heavy atom. The van der Waals surface area contributed by atoms with E-state index in [-0.39, 0.29) is 11.2 Å². The van der Waals surface area contributed by atoms with Crippen LogP contribution in [0.2, 0.25) is 0 Å². The molecule has 5 nitrogen and oxygen atoms in total. The molecule has 1 atom stereocenters. The third kappa shape index (κ3) is 4.17. The van der Waals surface area contributed by atoms with Crippen molar-refractivity contribution in [2.45, 2.75) is 31.2 Å². The van der Waals surface area contributed by atoms with Crippen LogP contribution < -0.4 is 10.1 Å². The first-order valence-electron chi connectivity index (χ1n) is 8.71. The van der Waals surface area contributed by atoms with Crippen molar-refractivity contribution < 1.29 is 9.53 Å². The van der Waals surface area contributed by atoms with E-state index in [0.29, 0.717) is 11.4 Å². The second-order valence-corrected chi connectivity index (χ2v) is 7.56. The Bertz CT molecular complexity index is 952. The van der Waals surface area contributed by atoms with Gasteiger partial charge in [0.2, 0.25) is 5.91 Å². The highest BCUT2D eigenvalue weighted by Gasteiger charge is 2.19. The lowest BCUT2D eigenvalue weighted by atomic mass is 10.1. The third-order valence-corrected chi connectivity index (χ3v) is 5.54. The maximum atomic E-state index is 12.7. The third-order valence-electron chi connectivity index (χ3n) is 4.46. The van der Waals surface area contributed by atoms with E-state index >= 15 is 0 Å². The van der Waals surface area contributed by atoms with Gasteiger partial charge in [-0.05, 0) is 50.1 Å². The summed E-state index contributed by atoms with van der Waals surface area (Å²) in [5.41, 5.74) is 4.16. The molecule has 3 rings (SSSR count). The van der Waals surface area contributed by atoms with Gasteiger partial charge in [0.15, 0.2) is 5.16 Å². The predicted octanol–water partition coefficient (Wildman–Crippen LogP) is 4.62. The molecule has 3 aromatic rings. The van der Waals surface area contributed by atoms with Gasteiger partial charge >= 0.3 is 0 Å². The molecule has 1 aromatic heterocycles. The van der Waals surface area contributed by atoms with Gasteiger partial charge in [-0.2, -0.15) is 0 Å². The highest BCUT2D eigenvalue weighted by molar-refractivity contribution is 8.00. The van der Waals surface area contributed by atoms with E-state index in [1.807, 2.05) is 48.0 Å². The van der Waals surface area contributed by atoms with Crippen molar-refractivity contribution in [1.29, 1.82) is 0 Å². The Hall–Kier alpha value is -2.73. The van der Waals surface area contributed by atoms with Gasteiger partial charge in [-0.1, -0.05) is 36.0 Å². The minimum absolute atomic E-state index is 0.0972. The monoisotopic (exact) mass is 381 g/mol. The predicted molar refractivity (Wildman–Crippen MR) is 110 cm³/mol. The molecule has 1 unspecified atom stereocenters. The van der Waals surface area contributed by atoms with Gasteiger partial charge in [0.25, 0.3) is 0 Å².